The molecule has 0 bridgehead atoms. The van der Waals surface area contributed by atoms with E-state index in [-0.39, 0.29) is 11.1 Å². The van der Waals surface area contributed by atoms with Gasteiger partial charge in [0.1, 0.15) is 4.90 Å². The summed E-state index contributed by atoms with van der Waals surface area (Å²) in [5.74, 6) is -1.36. The zero-order valence-corrected chi connectivity index (χ0v) is 12.8. The molecule has 0 atom stereocenters. The van der Waals surface area contributed by atoms with Gasteiger partial charge in [-0.3, -0.25) is 4.79 Å². The van der Waals surface area contributed by atoms with Crippen molar-refractivity contribution in [2.45, 2.75) is 30.7 Å². The van der Waals surface area contributed by atoms with Crippen LogP contribution >= 0.6 is 22.3 Å². The minimum atomic E-state index is -4.31. The summed E-state index contributed by atoms with van der Waals surface area (Å²) in [5.41, 5.74) is -0.420. The average Bonchev–Trinajstić information content (AvgIpc) is 2.28. The Morgan fingerprint density at radius 2 is 2.00 bits per heavy atom. The molecule has 1 fully saturated rings. The van der Waals surface area contributed by atoms with Crippen LogP contribution in [0.1, 0.15) is 30.1 Å². The highest BCUT2D eigenvalue weighted by Crippen LogP contribution is 2.29. The monoisotopic (exact) mass is 339 g/mol. The summed E-state index contributed by atoms with van der Waals surface area (Å²) < 4.78 is 36.6. The molecule has 0 radical (unpaired) electrons. The minimum absolute atomic E-state index is 0.0214. The summed E-state index contributed by atoms with van der Waals surface area (Å²) >= 11 is 5.71. The summed E-state index contributed by atoms with van der Waals surface area (Å²) in [6, 6.07) is 1.94. The molecule has 8 heteroatoms. The molecule has 1 aromatic rings. The van der Waals surface area contributed by atoms with Gasteiger partial charge in [-0.15, -0.1) is 0 Å². The second-order valence-electron chi connectivity index (χ2n) is 4.95. The van der Waals surface area contributed by atoms with E-state index in [1.165, 1.54) is 0 Å². The maximum Gasteiger partial charge on any atom is 0.264 e. The van der Waals surface area contributed by atoms with Gasteiger partial charge in [0.2, 0.25) is 0 Å². The van der Waals surface area contributed by atoms with Crippen molar-refractivity contribution in [2.24, 2.45) is 5.92 Å². The van der Waals surface area contributed by atoms with Crippen LogP contribution in [0.3, 0.4) is 0 Å². The third-order valence-electron chi connectivity index (χ3n) is 3.22. The first kappa shape index (κ1) is 15.5. The summed E-state index contributed by atoms with van der Waals surface area (Å²) in [5, 5.41) is 2.56. The first-order valence-electron chi connectivity index (χ1n) is 5.93. The molecule has 20 heavy (non-hydrogen) atoms. The van der Waals surface area contributed by atoms with Gasteiger partial charge < -0.3 is 5.32 Å². The molecule has 4 nitrogen and oxygen atoms in total. The van der Waals surface area contributed by atoms with Gasteiger partial charge in [0.25, 0.3) is 15.0 Å². The molecule has 1 aliphatic carbocycles. The number of amides is 1. The van der Waals surface area contributed by atoms with E-state index in [9.17, 15) is 17.6 Å². The predicted molar refractivity (Wildman–Crippen MR) is 74.1 cm³/mol. The Morgan fingerprint density at radius 1 is 1.40 bits per heavy atom. The van der Waals surface area contributed by atoms with Gasteiger partial charge in [0, 0.05) is 21.7 Å². The lowest BCUT2D eigenvalue weighted by Gasteiger charge is -2.33. The molecule has 0 saturated heterocycles. The molecule has 0 spiro atoms. The first-order valence-corrected chi connectivity index (χ1v) is 8.61. The Kier molecular flexibility index (Phi) is 4.27. The molecule has 0 aliphatic heterocycles. The third-order valence-corrected chi connectivity index (χ3v) is 4.76. The second kappa shape index (κ2) is 5.50. The van der Waals surface area contributed by atoms with E-state index in [1.807, 2.05) is 6.92 Å². The molecule has 2 rings (SSSR count). The van der Waals surface area contributed by atoms with Crippen LogP contribution in [0.5, 0.6) is 0 Å². The van der Waals surface area contributed by atoms with Crippen LogP contribution in [0, 0.1) is 11.7 Å². The van der Waals surface area contributed by atoms with Gasteiger partial charge in [-0.05, 0) is 30.9 Å². The highest BCUT2D eigenvalue weighted by atomic mass is 35.7. The largest absolute Gasteiger partial charge is 0.349 e. The van der Waals surface area contributed by atoms with Crippen LogP contribution < -0.4 is 5.32 Å². The number of halogens is 3. The molecular formula is C12H12Cl2FNO3S. The molecule has 1 aliphatic rings. The molecule has 1 saturated carbocycles. The van der Waals surface area contributed by atoms with Gasteiger partial charge in [-0.25, -0.2) is 12.8 Å². The van der Waals surface area contributed by atoms with E-state index in [0.29, 0.717) is 5.92 Å². The molecule has 1 aromatic carbocycles. The van der Waals surface area contributed by atoms with Gasteiger partial charge in [-0.2, -0.15) is 0 Å². The zero-order chi connectivity index (χ0) is 15.1. The fourth-order valence-corrected chi connectivity index (χ4v) is 3.40. The van der Waals surface area contributed by atoms with Crippen LogP contribution in [0.25, 0.3) is 0 Å². The molecule has 0 heterocycles. The molecule has 0 aromatic heterocycles. The number of carbonyl (C=O) groups is 1. The van der Waals surface area contributed by atoms with Crippen molar-refractivity contribution in [3.63, 3.8) is 0 Å². The standard InChI is InChI=1S/C12H12Cl2FNO3S/c1-6-2-8(3-6)16-12(17)9-4-7(13)5-10(11(9)15)20(14,18)19/h4-6,8H,2-3H2,1H3,(H,16,17). The number of hydrogen-bond donors (Lipinski definition) is 1. The first-order chi connectivity index (χ1) is 9.18. The maximum atomic E-state index is 14.1. The number of benzene rings is 1. The SMILES string of the molecule is CC1CC(NC(=O)c2cc(Cl)cc(S(=O)(=O)Cl)c2F)C1. The fraction of sp³-hybridized carbons (Fsp3) is 0.417. The van der Waals surface area contributed by atoms with E-state index in [0.717, 1.165) is 25.0 Å². The second-order valence-corrected chi connectivity index (χ2v) is 7.92. The van der Waals surface area contributed by atoms with Crippen molar-refractivity contribution in [3.8, 4) is 0 Å². The lowest BCUT2D eigenvalue weighted by atomic mass is 9.82. The van der Waals surface area contributed by atoms with Crippen LogP contribution in [-0.2, 0) is 9.05 Å². The quantitative estimate of drug-likeness (QED) is 0.861. The van der Waals surface area contributed by atoms with Crippen molar-refractivity contribution < 1.29 is 17.6 Å². The van der Waals surface area contributed by atoms with Crippen LogP contribution in [0.15, 0.2) is 17.0 Å². The summed E-state index contributed by atoms with van der Waals surface area (Å²) in [4.78, 5) is 11.2. The predicted octanol–water partition coefficient (Wildman–Crippen LogP) is 2.93. The smallest absolute Gasteiger partial charge is 0.264 e. The van der Waals surface area contributed by atoms with E-state index >= 15 is 0 Å². The highest BCUT2D eigenvalue weighted by Gasteiger charge is 2.29. The van der Waals surface area contributed by atoms with Crippen molar-refractivity contribution in [3.05, 3.63) is 28.5 Å². The van der Waals surface area contributed by atoms with Crippen molar-refractivity contribution in [1.82, 2.24) is 5.32 Å². The van der Waals surface area contributed by atoms with Gasteiger partial charge in [0.15, 0.2) is 5.82 Å². The average molecular weight is 340 g/mol. The van der Waals surface area contributed by atoms with Gasteiger partial charge >= 0.3 is 0 Å². The molecule has 0 unspecified atom stereocenters. The van der Waals surface area contributed by atoms with Crippen molar-refractivity contribution in [2.75, 3.05) is 0 Å². The lowest BCUT2D eigenvalue weighted by Crippen LogP contribution is -2.43. The van der Waals surface area contributed by atoms with E-state index in [4.69, 9.17) is 22.3 Å². The Hall–Kier alpha value is -0.850. The van der Waals surface area contributed by atoms with E-state index < -0.39 is 31.2 Å². The van der Waals surface area contributed by atoms with Crippen LogP contribution in [0.2, 0.25) is 5.02 Å². The van der Waals surface area contributed by atoms with E-state index in [1.54, 1.807) is 0 Å². The Morgan fingerprint density at radius 3 is 2.50 bits per heavy atom. The fourth-order valence-electron chi connectivity index (χ4n) is 2.19. The van der Waals surface area contributed by atoms with Crippen LogP contribution in [0.4, 0.5) is 4.39 Å². The van der Waals surface area contributed by atoms with Gasteiger partial charge in [-0.1, -0.05) is 18.5 Å². The van der Waals surface area contributed by atoms with Crippen molar-refractivity contribution in [1.29, 1.82) is 0 Å². The Bertz CT molecular complexity index is 657. The molecule has 110 valence electrons. The topological polar surface area (TPSA) is 63.2 Å². The van der Waals surface area contributed by atoms with Crippen molar-refractivity contribution >= 4 is 37.2 Å². The molecule has 1 amide bonds. The summed E-state index contributed by atoms with van der Waals surface area (Å²) in [6.07, 6.45) is 1.63. The zero-order valence-electron chi connectivity index (χ0n) is 10.5. The number of nitrogens with one attached hydrogen (secondary N) is 1. The Labute approximate surface area is 125 Å². The number of hydrogen-bond acceptors (Lipinski definition) is 3. The number of carbonyl (C=O) groups excluding carboxylic acids is 1. The summed E-state index contributed by atoms with van der Waals surface area (Å²) in [6.45, 7) is 2.04. The normalized spacial score (nSPS) is 22.2. The minimum Gasteiger partial charge on any atom is -0.349 e. The molecule has 1 N–H and O–H groups in total. The third kappa shape index (κ3) is 3.24. The van der Waals surface area contributed by atoms with Crippen LogP contribution in [-0.4, -0.2) is 20.4 Å². The lowest BCUT2D eigenvalue weighted by molar-refractivity contribution is 0.0891. The number of rotatable bonds is 3. The van der Waals surface area contributed by atoms with Gasteiger partial charge in [0.05, 0.1) is 5.56 Å². The Balaban J connectivity index is 2.32. The summed E-state index contributed by atoms with van der Waals surface area (Å²) in [7, 11) is 0.810. The molecular weight excluding hydrogens is 328 g/mol. The van der Waals surface area contributed by atoms with E-state index in [2.05, 4.69) is 5.32 Å². The maximum absolute atomic E-state index is 14.1. The highest BCUT2D eigenvalue weighted by molar-refractivity contribution is 8.13.